The van der Waals surface area contributed by atoms with E-state index in [4.69, 9.17) is 9.47 Å². The van der Waals surface area contributed by atoms with E-state index in [2.05, 4.69) is 10.3 Å². The highest BCUT2D eigenvalue weighted by atomic mass is 16.5. The molecule has 0 radical (unpaired) electrons. The molecule has 0 atom stereocenters. The Morgan fingerprint density at radius 1 is 0.811 bits per heavy atom. The van der Waals surface area contributed by atoms with Crippen molar-refractivity contribution in [3.63, 3.8) is 0 Å². The van der Waals surface area contributed by atoms with E-state index >= 15 is 0 Å². The van der Waals surface area contributed by atoms with E-state index in [1.807, 2.05) is 122 Å². The molecule has 0 spiro atoms. The SMILES string of the molecule is Cc1cccc(NC(=O)COc2ccc3ccccc3c2C=Nc2ccc(Oc3ccccc3)cc2)c1. The Balaban J connectivity index is 1.33. The number of para-hydroxylation sites is 1. The van der Waals surface area contributed by atoms with E-state index in [1.165, 1.54) is 0 Å². The van der Waals surface area contributed by atoms with Crippen LogP contribution in [0.4, 0.5) is 11.4 Å². The van der Waals surface area contributed by atoms with Crippen LogP contribution in [0.2, 0.25) is 0 Å². The molecule has 182 valence electrons. The zero-order chi connectivity index (χ0) is 25.5. The van der Waals surface area contributed by atoms with E-state index in [0.717, 1.165) is 44.8 Å². The maximum atomic E-state index is 12.5. The molecule has 1 amide bonds. The monoisotopic (exact) mass is 486 g/mol. The molecular formula is C32H26N2O3. The molecule has 0 heterocycles. The topological polar surface area (TPSA) is 59.9 Å². The van der Waals surface area contributed by atoms with Crippen molar-refractivity contribution >= 4 is 34.3 Å². The van der Waals surface area contributed by atoms with Gasteiger partial charge in [-0.3, -0.25) is 9.79 Å². The number of fused-ring (bicyclic) bond motifs is 1. The summed E-state index contributed by atoms with van der Waals surface area (Å²) in [5, 5.41) is 4.94. The van der Waals surface area contributed by atoms with Crippen molar-refractivity contribution in [2.75, 3.05) is 11.9 Å². The molecule has 0 saturated carbocycles. The van der Waals surface area contributed by atoms with Gasteiger partial charge in [0, 0.05) is 17.5 Å². The first-order chi connectivity index (χ1) is 18.1. The summed E-state index contributed by atoms with van der Waals surface area (Å²) in [4.78, 5) is 17.2. The van der Waals surface area contributed by atoms with E-state index in [1.54, 1.807) is 6.21 Å². The highest BCUT2D eigenvalue weighted by molar-refractivity contribution is 6.03. The fourth-order valence-corrected chi connectivity index (χ4v) is 3.96. The summed E-state index contributed by atoms with van der Waals surface area (Å²) in [6.07, 6.45) is 1.78. The number of hydrogen-bond acceptors (Lipinski definition) is 4. The second kappa shape index (κ2) is 11.2. The maximum Gasteiger partial charge on any atom is 0.262 e. The summed E-state index contributed by atoms with van der Waals surface area (Å²) in [7, 11) is 0. The molecule has 5 heteroatoms. The highest BCUT2D eigenvalue weighted by Crippen LogP contribution is 2.28. The van der Waals surface area contributed by atoms with Gasteiger partial charge in [-0.15, -0.1) is 0 Å². The van der Waals surface area contributed by atoms with E-state index < -0.39 is 0 Å². The van der Waals surface area contributed by atoms with Crippen molar-refractivity contribution in [1.82, 2.24) is 0 Å². The lowest BCUT2D eigenvalue weighted by molar-refractivity contribution is -0.118. The first-order valence-corrected chi connectivity index (χ1v) is 12.0. The number of ether oxygens (including phenoxy) is 2. The molecule has 0 aromatic heterocycles. The number of anilines is 1. The van der Waals surface area contributed by atoms with Crippen molar-refractivity contribution < 1.29 is 14.3 Å². The first-order valence-electron chi connectivity index (χ1n) is 12.0. The number of rotatable bonds is 8. The number of benzene rings is 5. The third-order valence-corrected chi connectivity index (χ3v) is 5.75. The second-order valence-corrected chi connectivity index (χ2v) is 8.57. The lowest BCUT2D eigenvalue weighted by Crippen LogP contribution is -2.20. The molecule has 0 unspecified atom stereocenters. The molecule has 0 aliphatic rings. The van der Waals surface area contributed by atoms with Crippen molar-refractivity contribution in [2.24, 2.45) is 4.99 Å². The van der Waals surface area contributed by atoms with Gasteiger partial charge in [0.25, 0.3) is 5.91 Å². The number of nitrogens with one attached hydrogen (secondary N) is 1. The summed E-state index contributed by atoms with van der Waals surface area (Å²) >= 11 is 0. The quantitative estimate of drug-likeness (QED) is 0.229. The molecule has 1 N–H and O–H groups in total. The van der Waals surface area contributed by atoms with Crippen molar-refractivity contribution in [3.05, 3.63) is 126 Å². The molecule has 37 heavy (non-hydrogen) atoms. The second-order valence-electron chi connectivity index (χ2n) is 8.57. The Kier molecular flexibility index (Phi) is 7.23. The Morgan fingerprint density at radius 2 is 1.57 bits per heavy atom. The zero-order valence-corrected chi connectivity index (χ0v) is 20.4. The highest BCUT2D eigenvalue weighted by Gasteiger charge is 2.10. The normalized spacial score (nSPS) is 10.9. The molecule has 5 aromatic carbocycles. The third kappa shape index (κ3) is 6.21. The van der Waals surface area contributed by atoms with Crippen LogP contribution < -0.4 is 14.8 Å². The van der Waals surface area contributed by atoms with E-state index in [-0.39, 0.29) is 12.5 Å². The minimum Gasteiger partial charge on any atom is -0.483 e. The van der Waals surface area contributed by atoms with Crippen LogP contribution in [0.1, 0.15) is 11.1 Å². The van der Waals surface area contributed by atoms with Gasteiger partial charge in [0.2, 0.25) is 0 Å². The standard InChI is InChI=1S/C32H26N2O3/c1-23-8-7-10-26(20-23)34-32(35)22-36-31-19-14-24-9-5-6-13-29(24)30(31)21-33-25-15-17-28(18-16-25)37-27-11-3-2-4-12-27/h2-21H,22H2,1H3,(H,34,35). The number of nitrogens with zero attached hydrogens (tertiary/aromatic N) is 1. The van der Waals surface area contributed by atoms with Crippen LogP contribution in [-0.4, -0.2) is 18.7 Å². The van der Waals surface area contributed by atoms with Crippen LogP contribution >= 0.6 is 0 Å². The van der Waals surface area contributed by atoms with Gasteiger partial charge in [-0.2, -0.15) is 0 Å². The number of carbonyl (C=O) groups excluding carboxylic acids is 1. The summed E-state index contributed by atoms with van der Waals surface area (Å²) in [5.74, 6) is 1.88. The molecule has 0 aliphatic heterocycles. The summed E-state index contributed by atoms with van der Waals surface area (Å²) in [6, 6.07) is 36.8. The van der Waals surface area contributed by atoms with Gasteiger partial charge < -0.3 is 14.8 Å². The Labute approximate surface area is 216 Å². The summed E-state index contributed by atoms with van der Waals surface area (Å²) < 4.78 is 11.8. The smallest absolute Gasteiger partial charge is 0.262 e. The number of aliphatic imine (C=N–C) groups is 1. The van der Waals surface area contributed by atoms with Gasteiger partial charge in [0.15, 0.2) is 6.61 Å². The number of amides is 1. The molecular weight excluding hydrogens is 460 g/mol. The van der Waals surface area contributed by atoms with Gasteiger partial charge in [0.1, 0.15) is 17.2 Å². The maximum absolute atomic E-state index is 12.5. The number of hydrogen-bond donors (Lipinski definition) is 1. The van der Waals surface area contributed by atoms with Crippen LogP contribution in [-0.2, 0) is 4.79 Å². The van der Waals surface area contributed by atoms with Gasteiger partial charge >= 0.3 is 0 Å². The lowest BCUT2D eigenvalue weighted by Gasteiger charge is -2.12. The molecule has 0 fully saturated rings. The zero-order valence-electron chi connectivity index (χ0n) is 20.4. The average molecular weight is 487 g/mol. The molecule has 5 rings (SSSR count). The molecule has 0 bridgehead atoms. The van der Waals surface area contributed by atoms with E-state index in [0.29, 0.717) is 5.75 Å². The molecule has 0 saturated heterocycles. The minimum atomic E-state index is -0.226. The van der Waals surface area contributed by atoms with Crippen LogP contribution in [0, 0.1) is 6.92 Å². The average Bonchev–Trinajstić information content (AvgIpc) is 2.92. The third-order valence-electron chi connectivity index (χ3n) is 5.75. The largest absolute Gasteiger partial charge is 0.483 e. The van der Waals surface area contributed by atoms with Gasteiger partial charge in [-0.25, -0.2) is 0 Å². The Morgan fingerprint density at radius 3 is 2.38 bits per heavy atom. The predicted molar refractivity (Wildman–Crippen MR) is 149 cm³/mol. The first kappa shape index (κ1) is 23.8. The minimum absolute atomic E-state index is 0.112. The van der Waals surface area contributed by atoms with Crippen LogP contribution in [0.15, 0.2) is 120 Å². The van der Waals surface area contributed by atoms with Crippen molar-refractivity contribution in [2.45, 2.75) is 6.92 Å². The van der Waals surface area contributed by atoms with Gasteiger partial charge in [-0.05, 0) is 77.9 Å². The Hall–Kier alpha value is -4.90. The molecule has 0 aliphatic carbocycles. The molecule has 5 nitrogen and oxygen atoms in total. The molecule has 5 aromatic rings. The summed E-state index contributed by atoms with van der Waals surface area (Å²) in [5.41, 5.74) is 3.41. The fourth-order valence-electron chi connectivity index (χ4n) is 3.96. The lowest BCUT2D eigenvalue weighted by atomic mass is 10.0. The van der Waals surface area contributed by atoms with Crippen LogP contribution in [0.25, 0.3) is 10.8 Å². The number of carbonyl (C=O) groups is 1. The van der Waals surface area contributed by atoms with Crippen molar-refractivity contribution in [1.29, 1.82) is 0 Å². The predicted octanol–water partition coefficient (Wildman–Crippen LogP) is 7.71. The van der Waals surface area contributed by atoms with Crippen molar-refractivity contribution in [3.8, 4) is 17.2 Å². The fraction of sp³-hybridized carbons (Fsp3) is 0.0625. The Bertz CT molecular complexity index is 1540. The van der Waals surface area contributed by atoms with Crippen LogP contribution in [0.5, 0.6) is 17.2 Å². The van der Waals surface area contributed by atoms with Gasteiger partial charge in [0.05, 0.1) is 5.69 Å². The number of aryl methyl sites for hydroxylation is 1. The van der Waals surface area contributed by atoms with Crippen LogP contribution in [0.3, 0.4) is 0 Å². The van der Waals surface area contributed by atoms with E-state index in [9.17, 15) is 4.79 Å². The summed E-state index contributed by atoms with van der Waals surface area (Å²) in [6.45, 7) is 1.87. The van der Waals surface area contributed by atoms with Gasteiger partial charge in [-0.1, -0.05) is 60.7 Å².